The van der Waals surface area contributed by atoms with E-state index in [1.165, 1.54) is 26.4 Å². The molecule has 0 heterocycles. The maximum absolute atomic E-state index is 11.0. The quantitative estimate of drug-likeness (QED) is 0.450. The van der Waals surface area contributed by atoms with Crippen molar-refractivity contribution >= 4 is 5.97 Å². The van der Waals surface area contributed by atoms with Gasteiger partial charge in [-0.05, 0) is 39.8 Å². The summed E-state index contributed by atoms with van der Waals surface area (Å²) in [6.45, 7) is 8.79. The van der Waals surface area contributed by atoms with Crippen LogP contribution in [-0.4, -0.2) is 37.1 Å². The molecular weight excluding hydrogens is 202 g/mol. The van der Waals surface area contributed by atoms with Crippen LogP contribution in [0.25, 0.3) is 0 Å². The fraction of sp³-hybridized carbons (Fsp3) is 0.923. The third-order valence-corrected chi connectivity index (χ3v) is 2.83. The Kier molecular flexibility index (Phi) is 9.30. The molecule has 0 fully saturated rings. The molecular formula is C13H27NO2. The fourth-order valence-electron chi connectivity index (χ4n) is 1.72. The zero-order valence-corrected chi connectivity index (χ0v) is 11.3. The van der Waals surface area contributed by atoms with Gasteiger partial charge in [-0.15, -0.1) is 0 Å². The van der Waals surface area contributed by atoms with E-state index in [0.717, 1.165) is 19.5 Å². The van der Waals surface area contributed by atoms with Crippen molar-refractivity contribution in [3.63, 3.8) is 0 Å². The van der Waals surface area contributed by atoms with Crippen molar-refractivity contribution in [3.8, 4) is 0 Å². The molecule has 0 rings (SSSR count). The van der Waals surface area contributed by atoms with Gasteiger partial charge in [0, 0.05) is 12.5 Å². The Morgan fingerprint density at radius 2 is 1.81 bits per heavy atom. The summed E-state index contributed by atoms with van der Waals surface area (Å²) in [5.74, 6) is -0.0998. The van der Waals surface area contributed by atoms with E-state index >= 15 is 0 Å². The third kappa shape index (κ3) is 7.69. The van der Waals surface area contributed by atoms with Crippen molar-refractivity contribution < 1.29 is 9.53 Å². The van der Waals surface area contributed by atoms with E-state index in [9.17, 15) is 4.79 Å². The summed E-state index contributed by atoms with van der Waals surface area (Å²) >= 11 is 0. The molecule has 0 saturated carbocycles. The summed E-state index contributed by atoms with van der Waals surface area (Å²) in [6.07, 6.45) is 5.24. The highest BCUT2D eigenvalue weighted by atomic mass is 16.5. The molecule has 96 valence electrons. The molecule has 0 N–H and O–H groups in total. The minimum Gasteiger partial charge on any atom is -0.469 e. The Bertz CT molecular complexity index is 181. The lowest BCUT2D eigenvalue weighted by molar-refractivity contribution is -0.140. The van der Waals surface area contributed by atoms with Crippen LogP contribution >= 0.6 is 0 Å². The lowest BCUT2D eigenvalue weighted by Gasteiger charge is -2.26. The van der Waals surface area contributed by atoms with Gasteiger partial charge in [0.2, 0.25) is 0 Å². The Morgan fingerprint density at radius 3 is 2.31 bits per heavy atom. The Hall–Kier alpha value is -0.570. The first kappa shape index (κ1) is 15.4. The molecule has 3 nitrogen and oxygen atoms in total. The number of unbranched alkanes of at least 4 members (excludes halogenated alkanes) is 2. The van der Waals surface area contributed by atoms with Crippen LogP contribution in [0.4, 0.5) is 0 Å². The number of esters is 1. The average molecular weight is 229 g/mol. The van der Waals surface area contributed by atoms with Gasteiger partial charge in [0.1, 0.15) is 0 Å². The maximum atomic E-state index is 11.0. The number of hydrogen-bond acceptors (Lipinski definition) is 3. The molecule has 0 amide bonds. The summed E-state index contributed by atoms with van der Waals surface area (Å²) < 4.78 is 4.63. The van der Waals surface area contributed by atoms with E-state index in [0.29, 0.717) is 12.5 Å². The number of carbonyl (C=O) groups excluding carboxylic acids is 1. The number of hydrogen-bond donors (Lipinski definition) is 0. The molecule has 0 saturated heterocycles. The Balaban J connectivity index is 3.72. The van der Waals surface area contributed by atoms with Crippen LogP contribution in [0, 0.1) is 0 Å². The van der Waals surface area contributed by atoms with E-state index in [2.05, 4.69) is 30.4 Å². The second-order valence-corrected chi connectivity index (χ2v) is 4.52. The molecule has 0 aromatic heterocycles. The zero-order valence-electron chi connectivity index (χ0n) is 11.3. The van der Waals surface area contributed by atoms with Crippen molar-refractivity contribution in [1.82, 2.24) is 4.90 Å². The zero-order chi connectivity index (χ0) is 12.4. The first-order valence-electron chi connectivity index (χ1n) is 6.42. The predicted molar refractivity (Wildman–Crippen MR) is 67.5 cm³/mol. The van der Waals surface area contributed by atoms with Gasteiger partial charge in [-0.1, -0.05) is 19.8 Å². The van der Waals surface area contributed by atoms with Crippen LogP contribution in [0.2, 0.25) is 0 Å². The molecule has 0 spiro atoms. The SMILES string of the molecule is CCCCCN(CCCC(=O)OC)C(C)C. The first-order valence-corrected chi connectivity index (χ1v) is 6.42. The minimum atomic E-state index is -0.0998. The van der Waals surface area contributed by atoms with Crippen LogP contribution in [0.3, 0.4) is 0 Å². The number of nitrogens with zero attached hydrogens (tertiary/aromatic N) is 1. The molecule has 0 aliphatic heterocycles. The average Bonchev–Trinajstić information content (AvgIpc) is 2.26. The highest BCUT2D eigenvalue weighted by Crippen LogP contribution is 2.05. The van der Waals surface area contributed by atoms with Gasteiger partial charge in [-0.3, -0.25) is 4.79 Å². The third-order valence-electron chi connectivity index (χ3n) is 2.83. The molecule has 0 aromatic carbocycles. The highest BCUT2D eigenvalue weighted by molar-refractivity contribution is 5.69. The molecule has 0 aliphatic carbocycles. The number of ether oxygens (including phenoxy) is 1. The van der Waals surface area contributed by atoms with Crippen molar-refractivity contribution in [3.05, 3.63) is 0 Å². The van der Waals surface area contributed by atoms with Crippen molar-refractivity contribution in [1.29, 1.82) is 0 Å². The van der Waals surface area contributed by atoms with Crippen LogP contribution in [0.1, 0.15) is 52.9 Å². The normalized spacial score (nSPS) is 11.1. The van der Waals surface area contributed by atoms with E-state index in [-0.39, 0.29) is 5.97 Å². The summed E-state index contributed by atoms with van der Waals surface area (Å²) in [5.41, 5.74) is 0. The van der Waals surface area contributed by atoms with Gasteiger partial charge in [0.05, 0.1) is 7.11 Å². The van der Waals surface area contributed by atoms with Crippen molar-refractivity contribution in [2.45, 2.75) is 58.9 Å². The minimum absolute atomic E-state index is 0.0998. The molecule has 0 aromatic rings. The molecule has 0 atom stereocenters. The van der Waals surface area contributed by atoms with Gasteiger partial charge < -0.3 is 9.64 Å². The second kappa shape index (κ2) is 9.64. The topological polar surface area (TPSA) is 29.5 Å². The lowest BCUT2D eigenvalue weighted by Crippen LogP contribution is -2.33. The van der Waals surface area contributed by atoms with E-state index in [1.54, 1.807) is 0 Å². The summed E-state index contributed by atoms with van der Waals surface area (Å²) in [6, 6.07) is 0.564. The molecule has 0 bridgehead atoms. The van der Waals surface area contributed by atoms with E-state index in [4.69, 9.17) is 0 Å². The summed E-state index contributed by atoms with van der Waals surface area (Å²) in [5, 5.41) is 0. The van der Waals surface area contributed by atoms with Crippen LogP contribution < -0.4 is 0 Å². The molecule has 16 heavy (non-hydrogen) atoms. The van der Waals surface area contributed by atoms with Crippen LogP contribution in [-0.2, 0) is 9.53 Å². The Morgan fingerprint density at radius 1 is 1.19 bits per heavy atom. The first-order chi connectivity index (χ1) is 7.61. The second-order valence-electron chi connectivity index (χ2n) is 4.52. The van der Waals surface area contributed by atoms with E-state index < -0.39 is 0 Å². The highest BCUT2D eigenvalue weighted by Gasteiger charge is 2.09. The number of rotatable bonds is 9. The predicted octanol–water partition coefficient (Wildman–Crippen LogP) is 2.84. The van der Waals surface area contributed by atoms with Gasteiger partial charge in [0.15, 0.2) is 0 Å². The molecule has 0 unspecified atom stereocenters. The molecule has 0 radical (unpaired) electrons. The summed E-state index contributed by atoms with van der Waals surface area (Å²) in [4.78, 5) is 13.4. The van der Waals surface area contributed by atoms with Gasteiger partial charge in [-0.25, -0.2) is 0 Å². The van der Waals surface area contributed by atoms with Crippen LogP contribution in [0.5, 0.6) is 0 Å². The smallest absolute Gasteiger partial charge is 0.305 e. The standard InChI is InChI=1S/C13H27NO2/c1-5-6-7-10-14(12(2)3)11-8-9-13(15)16-4/h12H,5-11H2,1-4H3. The summed E-state index contributed by atoms with van der Waals surface area (Å²) in [7, 11) is 1.45. The van der Waals surface area contributed by atoms with Gasteiger partial charge >= 0.3 is 5.97 Å². The number of methoxy groups -OCH3 is 1. The maximum Gasteiger partial charge on any atom is 0.305 e. The van der Waals surface area contributed by atoms with Crippen LogP contribution in [0.15, 0.2) is 0 Å². The van der Waals surface area contributed by atoms with Gasteiger partial charge in [0.25, 0.3) is 0 Å². The largest absolute Gasteiger partial charge is 0.469 e. The van der Waals surface area contributed by atoms with E-state index in [1.807, 2.05) is 0 Å². The molecule has 0 aliphatic rings. The fourth-order valence-corrected chi connectivity index (χ4v) is 1.72. The van der Waals surface area contributed by atoms with Crippen molar-refractivity contribution in [2.75, 3.05) is 20.2 Å². The molecule has 3 heteroatoms. The van der Waals surface area contributed by atoms with Gasteiger partial charge in [-0.2, -0.15) is 0 Å². The monoisotopic (exact) mass is 229 g/mol. The lowest BCUT2D eigenvalue weighted by atomic mass is 10.2. The Labute approximate surface area is 100 Å². The van der Waals surface area contributed by atoms with Crippen molar-refractivity contribution in [2.24, 2.45) is 0 Å². The number of carbonyl (C=O) groups is 1.